The molecule has 2 heterocycles. The normalized spacial score (nSPS) is 24.6. The summed E-state index contributed by atoms with van der Waals surface area (Å²) in [6.07, 6.45) is 0. The summed E-state index contributed by atoms with van der Waals surface area (Å²) in [5, 5.41) is 10.7. The van der Waals surface area contributed by atoms with Crippen LogP contribution in [0.2, 0.25) is 0 Å². The number of thioether (sulfide) groups is 1. The van der Waals surface area contributed by atoms with Gasteiger partial charge < -0.3 is 5.32 Å². The molecular formula is C10H17N3S. The number of nitrogens with zero attached hydrogens (tertiary/aromatic N) is 1. The zero-order chi connectivity index (χ0) is 10.2. The Kier molecular flexibility index (Phi) is 2.58. The highest BCUT2D eigenvalue weighted by atomic mass is 32.2. The summed E-state index contributed by atoms with van der Waals surface area (Å²) >= 11 is 2.02. The summed E-state index contributed by atoms with van der Waals surface area (Å²) < 4.78 is 0.394. The van der Waals surface area contributed by atoms with Crippen LogP contribution in [-0.4, -0.2) is 26.7 Å². The van der Waals surface area contributed by atoms with Crippen LogP contribution in [0, 0.1) is 6.92 Å². The zero-order valence-electron chi connectivity index (χ0n) is 8.92. The lowest BCUT2D eigenvalue weighted by Crippen LogP contribution is -2.54. The molecule has 0 saturated carbocycles. The molecule has 0 amide bonds. The number of rotatable bonds is 3. The molecule has 0 radical (unpaired) electrons. The molecule has 0 aromatic carbocycles. The lowest BCUT2D eigenvalue weighted by atomic mass is 10.0. The molecule has 1 aliphatic rings. The molecule has 2 N–H and O–H groups in total. The number of aromatic amines is 1. The minimum atomic E-state index is 0.394. The molecule has 2 rings (SSSR count). The Morgan fingerprint density at radius 3 is 2.93 bits per heavy atom. The van der Waals surface area contributed by atoms with Crippen molar-refractivity contribution in [3.05, 3.63) is 17.5 Å². The molecule has 3 nitrogen and oxygen atoms in total. The van der Waals surface area contributed by atoms with Crippen LogP contribution < -0.4 is 5.32 Å². The van der Waals surface area contributed by atoms with Crippen molar-refractivity contribution in [2.45, 2.75) is 38.1 Å². The van der Waals surface area contributed by atoms with Crippen molar-refractivity contribution in [2.24, 2.45) is 0 Å². The molecular weight excluding hydrogens is 194 g/mol. The molecule has 1 unspecified atom stereocenters. The van der Waals surface area contributed by atoms with Gasteiger partial charge in [0, 0.05) is 28.8 Å². The van der Waals surface area contributed by atoms with E-state index in [-0.39, 0.29) is 0 Å². The smallest absolute Gasteiger partial charge is 0.0762 e. The van der Waals surface area contributed by atoms with Gasteiger partial charge in [-0.3, -0.25) is 5.10 Å². The molecule has 1 fully saturated rings. The van der Waals surface area contributed by atoms with E-state index in [1.165, 1.54) is 5.75 Å². The van der Waals surface area contributed by atoms with Crippen molar-refractivity contribution in [1.82, 2.24) is 15.5 Å². The average molecular weight is 211 g/mol. The topological polar surface area (TPSA) is 40.7 Å². The Morgan fingerprint density at radius 2 is 2.50 bits per heavy atom. The molecule has 4 heteroatoms. The highest BCUT2D eigenvalue weighted by Gasteiger charge is 2.38. The average Bonchev–Trinajstić information content (AvgIpc) is 2.50. The van der Waals surface area contributed by atoms with Gasteiger partial charge in [-0.2, -0.15) is 16.9 Å². The van der Waals surface area contributed by atoms with E-state index in [9.17, 15) is 0 Å². The zero-order valence-corrected chi connectivity index (χ0v) is 9.74. The van der Waals surface area contributed by atoms with Crippen molar-refractivity contribution >= 4 is 11.8 Å². The van der Waals surface area contributed by atoms with Crippen molar-refractivity contribution in [2.75, 3.05) is 5.75 Å². The molecule has 1 aromatic rings. The second kappa shape index (κ2) is 3.59. The van der Waals surface area contributed by atoms with E-state index in [2.05, 4.69) is 35.4 Å². The number of aryl methyl sites for hydroxylation is 1. The third-order valence-corrected chi connectivity index (χ3v) is 4.28. The molecule has 1 aliphatic heterocycles. The summed E-state index contributed by atoms with van der Waals surface area (Å²) in [6, 6.07) is 2.72. The van der Waals surface area contributed by atoms with E-state index in [0.717, 1.165) is 17.9 Å². The number of H-pyrrole nitrogens is 1. The number of aromatic nitrogens is 2. The summed E-state index contributed by atoms with van der Waals surface area (Å²) in [5.41, 5.74) is 2.24. The van der Waals surface area contributed by atoms with Gasteiger partial charge in [0.05, 0.1) is 5.69 Å². The van der Waals surface area contributed by atoms with Gasteiger partial charge in [0.15, 0.2) is 0 Å². The Bertz CT molecular complexity index is 319. The minimum Gasteiger partial charge on any atom is -0.306 e. The molecule has 1 saturated heterocycles. The van der Waals surface area contributed by atoms with Gasteiger partial charge in [-0.15, -0.1) is 0 Å². The highest BCUT2D eigenvalue weighted by molar-refractivity contribution is 8.02. The van der Waals surface area contributed by atoms with Gasteiger partial charge in [-0.1, -0.05) is 0 Å². The maximum atomic E-state index is 4.20. The third-order valence-electron chi connectivity index (χ3n) is 2.75. The van der Waals surface area contributed by atoms with Crippen molar-refractivity contribution < 1.29 is 0 Å². The quantitative estimate of drug-likeness (QED) is 0.799. The van der Waals surface area contributed by atoms with E-state index >= 15 is 0 Å². The largest absolute Gasteiger partial charge is 0.306 e. The lowest BCUT2D eigenvalue weighted by molar-refractivity contribution is 0.433. The van der Waals surface area contributed by atoms with E-state index in [4.69, 9.17) is 0 Å². The Morgan fingerprint density at radius 1 is 1.71 bits per heavy atom. The van der Waals surface area contributed by atoms with Crippen molar-refractivity contribution in [3.8, 4) is 0 Å². The first-order chi connectivity index (χ1) is 6.58. The molecule has 0 spiro atoms. The van der Waals surface area contributed by atoms with E-state index in [1.807, 2.05) is 18.7 Å². The van der Waals surface area contributed by atoms with Crippen molar-refractivity contribution in [3.63, 3.8) is 0 Å². The van der Waals surface area contributed by atoms with Gasteiger partial charge in [0.1, 0.15) is 0 Å². The van der Waals surface area contributed by atoms with Gasteiger partial charge in [-0.05, 0) is 26.8 Å². The Labute approximate surface area is 89.1 Å². The second-order valence-electron chi connectivity index (χ2n) is 4.39. The predicted octanol–water partition coefficient (Wildman–Crippen LogP) is 1.70. The molecule has 78 valence electrons. The molecule has 14 heavy (non-hydrogen) atoms. The van der Waals surface area contributed by atoms with Crippen LogP contribution in [0.3, 0.4) is 0 Å². The minimum absolute atomic E-state index is 0.394. The summed E-state index contributed by atoms with van der Waals surface area (Å²) in [7, 11) is 0. The summed E-state index contributed by atoms with van der Waals surface area (Å²) in [4.78, 5) is 0. The molecule has 0 bridgehead atoms. The maximum absolute atomic E-state index is 4.20. The monoisotopic (exact) mass is 211 g/mol. The van der Waals surface area contributed by atoms with E-state index in [0.29, 0.717) is 10.8 Å². The molecule has 0 aliphatic carbocycles. The highest BCUT2D eigenvalue weighted by Crippen LogP contribution is 2.39. The van der Waals surface area contributed by atoms with Crippen LogP contribution in [0.15, 0.2) is 6.07 Å². The fourth-order valence-electron chi connectivity index (χ4n) is 1.60. The second-order valence-corrected chi connectivity index (χ2v) is 6.06. The summed E-state index contributed by atoms with van der Waals surface area (Å²) in [6.45, 7) is 7.47. The van der Waals surface area contributed by atoms with Crippen LogP contribution in [0.1, 0.15) is 25.2 Å². The third kappa shape index (κ3) is 1.96. The predicted molar refractivity (Wildman–Crippen MR) is 60.5 cm³/mol. The Hall–Kier alpha value is -0.480. The number of nitrogens with one attached hydrogen (secondary N) is 2. The molecule has 1 atom stereocenters. The first kappa shape index (κ1) is 10.1. The van der Waals surface area contributed by atoms with Crippen LogP contribution in [0.25, 0.3) is 0 Å². The van der Waals surface area contributed by atoms with Crippen LogP contribution >= 0.6 is 11.8 Å². The first-order valence-corrected chi connectivity index (χ1v) is 5.95. The van der Waals surface area contributed by atoms with Gasteiger partial charge in [0.2, 0.25) is 0 Å². The maximum Gasteiger partial charge on any atom is 0.0762 e. The van der Waals surface area contributed by atoms with Gasteiger partial charge >= 0.3 is 0 Å². The standard InChI is InChI=1S/C10H17N3S/c1-7-4-8(13-12-7)5-11-9-6-14-10(9,2)3/h4,9,11H,5-6H2,1-3H3,(H,12,13). The summed E-state index contributed by atoms with van der Waals surface area (Å²) in [5.74, 6) is 1.22. The molecule has 1 aromatic heterocycles. The number of hydrogen-bond acceptors (Lipinski definition) is 3. The van der Waals surface area contributed by atoms with E-state index in [1.54, 1.807) is 0 Å². The Balaban J connectivity index is 1.83. The van der Waals surface area contributed by atoms with Crippen LogP contribution in [-0.2, 0) is 6.54 Å². The lowest BCUT2D eigenvalue weighted by Gasteiger charge is -2.44. The number of hydrogen-bond donors (Lipinski definition) is 2. The van der Waals surface area contributed by atoms with Crippen molar-refractivity contribution in [1.29, 1.82) is 0 Å². The fourth-order valence-corrected chi connectivity index (χ4v) is 2.80. The SMILES string of the molecule is Cc1cc(CNC2CSC2(C)C)n[nH]1. The van der Waals surface area contributed by atoms with Gasteiger partial charge in [-0.25, -0.2) is 0 Å². The van der Waals surface area contributed by atoms with Gasteiger partial charge in [0.25, 0.3) is 0 Å². The van der Waals surface area contributed by atoms with Crippen LogP contribution in [0.4, 0.5) is 0 Å². The van der Waals surface area contributed by atoms with E-state index < -0.39 is 0 Å². The fraction of sp³-hybridized carbons (Fsp3) is 0.700. The first-order valence-electron chi connectivity index (χ1n) is 4.96. The van der Waals surface area contributed by atoms with Crippen LogP contribution in [0.5, 0.6) is 0 Å².